The van der Waals surface area contributed by atoms with Crippen molar-refractivity contribution in [3.05, 3.63) is 71.8 Å². The van der Waals surface area contributed by atoms with Gasteiger partial charge in [-0.05, 0) is 24.3 Å². The molecule has 154 valence electrons. The second-order valence-corrected chi connectivity index (χ2v) is 6.46. The molecule has 0 radical (unpaired) electrons. The zero-order valence-corrected chi connectivity index (χ0v) is 15.7. The van der Waals surface area contributed by atoms with Crippen LogP contribution >= 0.6 is 0 Å². The van der Waals surface area contributed by atoms with Crippen LogP contribution in [0.4, 0.5) is 0 Å². The number of aliphatic hydroxyl groups excluding tert-OH is 2. The standard InChI is InChI=1S/C21H22O8/c1-26-21-18(29-20(25)14-10-6-3-7-11-14)17(23)16(22)15(28-21)12-27-19(24)13-8-4-2-5-9-13/h2-11,15-18,21-23H,12H2,1H3/t15-,16+,17+,18-,21+/m1/s1. The smallest absolute Gasteiger partial charge is 0.338 e. The van der Waals surface area contributed by atoms with Gasteiger partial charge in [-0.25, -0.2) is 9.59 Å². The molecule has 3 rings (SSSR count). The van der Waals surface area contributed by atoms with Crippen LogP contribution in [-0.2, 0) is 18.9 Å². The van der Waals surface area contributed by atoms with Gasteiger partial charge in [-0.15, -0.1) is 0 Å². The maximum Gasteiger partial charge on any atom is 0.338 e. The quantitative estimate of drug-likeness (QED) is 0.693. The van der Waals surface area contributed by atoms with Gasteiger partial charge in [-0.3, -0.25) is 0 Å². The summed E-state index contributed by atoms with van der Waals surface area (Å²) in [5.74, 6) is -1.29. The molecule has 1 heterocycles. The number of carbonyl (C=O) groups excluding carboxylic acids is 2. The number of ether oxygens (including phenoxy) is 4. The fourth-order valence-electron chi connectivity index (χ4n) is 2.94. The van der Waals surface area contributed by atoms with Crippen LogP contribution in [0.1, 0.15) is 20.7 Å². The topological polar surface area (TPSA) is 112 Å². The SMILES string of the molecule is CO[C@H]1O[C@H](COC(=O)c2ccccc2)[C@H](O)[C@H](O)[C@H]1OC(=O)c1ccccc1. The van der Waals surface area contributed by atoms with Crippen molar-refractivity contribution in [2.45, 2.75) is 30.7 Å². The largest absolute Gasteiger partial charge is 0.459 e. The molecule has 29 heavy (non-hydrogen) atoms. The molecule has 8 nitrogen and oxygen atoms in total. The number of rotatable bonds is 6. The Kier molecular flexibility index (Phi) is 6.95. The van der Waals surface area contributed by atoms with E-state index in [1.165, 1.54) is 7.11 Å². The highest BCUT2D eigenvalue weighted by molar-refractivity contribution is 5.89. The summed E-state index contributed by atoms with van der Waals surface area (Å²) in [4.78, 5) is 24.4. The zero-order chi connectivity index (χ0) is 20.8. The predicted octanol–water partition coefficient (Wildman–Crippen LogP) is 1.16. The van der Waals surface area contributed by atoms with Crippen LogP contribution in [0, 0.1) is 0 Å². The van der Waals surface area contributed by atoms with E-state index in [1.807, 2.05) is 0 Å². The van der Waals surface area contributed by atoms with E-state index in [-0.39, 0.29) is 12.2 Å². The Morgan fingerprint density at radius 2 is 1.45 bits per heavy atom. The number of esters is 2. The van der Waals surface area contributed by atoms with Crippen molar-refractivity contribution in [1.29, 1.82) is 0 Å². The maximum absolute atomic E-state index is 12.3. The molecule has 5 atom stereocenters. The molecule has 0 bridgehead atoms. The molecule has 0 saturated carbocycles. The molecule has 2 aromatic carbocycles. The third kappa shape index (κ3) is 4.99. The fraction of sp³-hybridized carbons (Fsp3) is 0.333. The third-order valence-electron chi connectivity index (χ3n) is 4.52. The molecule has 1 aliphatic heterocycles. The molecular formula is C21H22O8. The van der Waals surface area contributed by atoms with E-state index in [2.05, 4.69) is 0 Å². The van der Waals surface area contributed by atoms with Gasteiger partial charge in [0.15, 0.2) is 12.4 Å². The number of aliphatic hydroxyl groups is 2. The van der Waals surface area contributed by atoms with E-state index in [9.17, 15) is 19.8 Å². The van der Waals surface area contributed by atoms with Crippen LogP contribution in [-0.4, -0.2) is 66.6 Å². The van der Waals surface area contributed by atoms with Gasteiger partial charge in [0.25, 0.3) is 0 Å². The number of carbonyl (C=O) groups is 2. The van der Waals surface area contributed by atoms with E-state index in [0.717, 1.165) is 0 Å². The Bertz CT molecular complexity index is 806. The van der Waals surface area contributed by atoms with Gasteiger partial charge < -0.3 is 29.2 Å². The molecule has 0 unspecified atom stereocenters. The lowest BCUT2D eigenvalue weighted by Gasteiger charge is -2.41. The van der Waals surface area contributed by atoms with Gasteiger partial charge in [0, 0.05) is 7.11 Å². The Morgan fingerprint density at radius 3 is 2.00 bits per heavy atom. The summed E-state index contributed by atoms with van der Waals surface area (Å²) in [6, 6.07) is 16.5. The van der Waals surface area contributed by atoms with Gasteiger partial charge in [0.1, 0.15) is 24.9 Å². The Balaban J connectivity index is 1.63. The third-order valence-corrected chi connectivity index (χ3v) is 4.52. The molecule has 2 aromatic rings. The van der Waals surface area contributed by atoms with E-state index < -0.39 is 42.6 Å². The molecule has 0 aromatic heterocycles. The highest BCUT2D eigenvalue weighted by Crippen LogP contribution is 2.25. The first-order valence-electron chi connectivity index (χ1n) is 9.04. The van der Waals surface area contributed by atoms with Crippen LogP contribution in [0.5, 0.6) is 0 Å². The van der Waals surface area contributed by atoms with E-state index in [0.29, 0.717) is 5.56 Å². The molecule has 1 aliphatic rings. The minimum atomic E-state index is -1.50. The van der Waals surface area contributed by atoms with Crippen LogP contribution in [0.2, 0.25) is 0 Å². The Hall–Kier alpha value is -2.78. The molecule has 0 spiro atoms. The van der Waals surface area contributed by atoms with Crippen molar-refractivity contribution in [3.8, 4) is 0 Å². The lowest BCUT2D eigenvalue weighted by molar-refractivity contribution is -0.293. The van der Waals surface area contributed by atoms with E-state index >= 15 is 0 Å². The van der Waals surface area contributed by atoms with Gasteiger partial charge in [0.05, 0.1) is 11.1 Å². The van der Waals surface area contributed by atoms with Gasteiger partial charge >= 0.3 is 11.9 Å². The van der Waals surface area contributed by atoms with E-state index in [4.69, 9.17) is 18.9 Å². The summed E-state index contributed by atoms with van der Waals surface area (Å²) in [6.45, 7) is -0.314. The summed E-state index contributed by atoms with van der Waals surface area (Å²) < 4.78 is 21.2. The monoisotopic (exact) mass is 402 g/mol. The Morgan fingerprint density at radius 1 is 0.897 bits per heavy atom. The minimum Gasteiger partial charge on any atom is -0.459 e. The predicted molar refractivity (Wildman–Crippen MR) is 100 cm³/mol. The van der Waals surface area contributed by atoms with Gasteiger partial charge in [-0.2, -0.15) is 0 Å². The first-order valence-corrected chi connectivity index (χ1v) is 9.04. The van der Waals surface area contributed by atoms with Crippen molar-refractivity contribution in [3.63, 3.8) is 0 Å². The van der Waals surface area contributed by atoms with Crippen LogP contribution in [0.25, 0.3) is 0 Å². The average molecular weight is 402 g/mol. The number of methoxy groups -OCH3 is 1. The van der Waals surface area contributed by atoms with Crippen molar-refractivity contribution in [1.82, 2.24) is 0 Å². The lowest BCUT2D eigenvalue weighted by atomic mass is 9.99. The lowest BCUT2D eigenvalue weighted by Crippen LogP contribution is -2.60. The van der Waals surface area contributed by atoms with Gasteiger partial charge in [-0.1, -0.05) is 36.4 Å². The maximum atomic E-state index is 12.3. The van der Waals surface area contributed by atoms with Crippen LogP contribution < -0.4 is 0 Å². The van der Waals surface area contributed by atoms with Crippen molar-refractivity contribution < 1.29 is 38.7 Å². The minimum absolute atomic E-state index is 0.281. The second kappa shape index (κ2) is 9.62. The molecule has 0 aliphatic carbocycles. The van der Waals surface area contributed by atoms with Crippen LogP contribution in [0.3, 0.4) is 0 Å². The first-order chi connectivity index (χ1) is 14.0. The highest BCUT2D eigenvalue weighted by Gasteiger charge is 2.47. The summed E-state index contributed by atoms with van der Waals surface area (Å²) in [5, 5.41) is 20.8. The molecule has 0 amide bonds. The number of hydrogen-bond acceptors (Lipinski definition) is 8. The summed E-state index contributed by atoms with van der Waals surface area (Å²) in [7, 11) is 1.31. The van der Waals surface area contributed by atoms with Crippen molar-refractivity contribution in [2.75, 3.05) is 13.7 Å². The zero-order valence-electron chi connectivity index (χ0n) is 15.7. The van der Waals surface area contributed by atoms with Crippen LogP contribution in [0.15, 0.2) is 60.7 Å². The second-order valence-electron chi connectivity index (χ2n) is 6.46. The van der Waals surface area contributed by atoms with Crippen molar-refractivity contribution >= 4 is 11.9 Å². The number of hydrogen-bond donors (Lipinski definition) is 2. The number of benzene rings is 2. The molecule has 8 heteroatoms. The van der Waals surface area contributed by atoms with Gasteiger partial charge in [0.2, 0.25) is 0 Å². The highest BCUT2D eigenvalue weighted by atomic mass is 16.7. The fourth-order valence-corrected chi connectivity index (χ4v) is 2.94. The first kappa shape index (κ1) is 20.9. The molecular weight excluding hydrogens is 380 g/mol. The molecule has 2 N–H and O–H groups in total. The summed E-state index contributed by atoms with van der Waals surface area (Å²) >= 11 is 0. The van der Waals surface area contributed by atoms with E-state index in [1.54, 1.807) is 60.7 Å². The summed E-state index contributed by atoms with van der Waals surface area (Å²) in [6.07, 6.45) is -6.43. The molecule has 1 saturated heterocycles. The summed E-state index contributed by atoms with van der Waals surface area (Å²) in [5.41, 5.74) is 0.624. The Labute approximate surface area is 167 Å². The van der Waals surface area contributed by atoms with Crippen molar-refractivity contribution in [2.24, 2.45) is 0 Å². The average Bonchev–Trinajstić information content (AvgIpc) is 2.77. The molecule has 1 fully saturated rings. The normalized spacial score (nSPS) is 26.5.